The fourth-order valence-electron chi connectivity index (χ4n) is 2.99. The van der Waals surface area contributed by atoms with Crippen molar-refractivity contribution in [2.45, 2.75) is 25.9 Å². The minimum Gasteiger partial charge on any atom is -0.497 e. The van der Waals surface area contributed by atoms with Gasteiger partial charge in [-0.15, -0.1) is 34.2 Å². The third-order valence-electron chi connectivity index (χ3n) is 4.65. The molecule has 28 heavy (non-hydrogen) atoms. The number of hydrogen-bond donors (Lipinski definition) is 2. The number of hydrogen-bond acceptors (Lipinski definition) is 5. The molecule has 2 N–H and O–H groups in total. The number of carbonyl (C=O) groups excluding carboxylic acids is 1. The topological polar surface area (TPSA) is 96.7 Å². The van der Waals surface area contributed by atoms with Crippen LogP contribution in [0.15, 0.2) is 29.3 Å². The van der Waals surface area contributed by atoms with Gasteiger partial charge >= 0.3 is 0 Å². The summed E-state index contributed by atoms with van der Waals surface area (Å²) < 4.78 is 7.17. The van der Waals surface area contributed by atoms with E-state index in [1.54, 1.807) is 19.1 Å². The smallest absolute Gasteiger partial charge is 0.229 e. The molecular weight excluding hydrogens is 473 g/mol. The molecule has 1 atom stereocenters. The Kier molecular flexibility index (Phi) is 7.61. The first kappa shape index (κ1) is 21.9. The third-order valence-corrected chi connectivity index (χ3v) is 4.65. The fourth-order valence-corrected chi connectivity index (χ4v) is 2.99. The molecule has 1 amide bonds. The van der Waals surface area contributed by atoms with Crippen LogP contribution in [0.4, 0.5) is 5.69 Å². The maximum absolute atomic E-state index is 12.4. The fraction of sp³-hybridized carbons (Fsp3) is 0.444. The molecule has 1 aromatic carbocycles. The first-order valence-electron chi connectivity index (χ1n) is 8.78. The number of amides is 1. The number of ether oxygens (including phenoxy) is 1. The normalized spacial score (nSPS) is 16.7. The van der Waals surface area contributed by atoms with Crippen LogP contribution in [-0.2, 0) is 18.4 Å². The van der Waals surface area contributed by atoms with E-state index in [1.165, 1.54) is 0 Å². The number of aryl methyl sites for hydroxylation is 1. The number of carbonyl (C=O) groups is 1. The Hall–Kier alpha value is -2.37. The van der Waals surface area contributed by atoms with Gasteiger partial charge in [-0.2, -0.15) is 0 Å². The van der Waals surface area contributed by atoms with Crippen LogP contribution in [0.25, 0.3) is 0 Å². The second-order valence-corrected chi connectivity index (χ2v) is 6.40. The zero-order valence-corrected chi connectivity index (χ0v) is 18.8. The van der Waals surface area contributed by atoms with Gasteiger partial charge in [-0.1, -0.05) is 6.07 Å². The summed E-state index contributed by atoms with van der Waals surface area (Å²) in [6.45, 7) is 2.97. The van der Waals surface area contributed by atoms with Crippen LogP contribution in [-0.4, -0.2) is 53.4 Å². The Morgan fingerprint density at radius 1 is 1.39 bits per heavy atom. The summed E-state index contributed by atoms with van der Waals surface area (Å²) in [7, 11) is 5.24. The van der Waals surface area contributed by atoms with Gasteiger partial charge in [-0.05, 0) is 19.1 Å². The summed E-state index contributed by atoms with van der Waals surface area (Å²) in [5.41, 5.74) is 0.834. The SMILES string of the molecule is CN=C(NCc1nnc(C)n1C)NC1CC(=O)N(c2cccc(OC)c2)C1.I. The quantitative estimate of drug-likeness (QED) is 0.365. The second-order valence-electron chi connectivity index (χ2n) is 6.40. The molecular formula is C18H26IN7O2. The molecule has 152 valence electrons. The molecule has 10 heteroatoms. The van der Waals surface area contributed by atoms with Crippen molar-refractivity contribution in [1.29, 1.82) is 0 Å². The van der Waals surface area contributed by atoms with Gasteiger partial charge in [-0.25, -0.2) is 0 Å². The molecule has 1 saturated heterocycles. The van der Waals surface area contributed by atoms with E-state index in [0.29, 0.717) is 25.5 Å². The van der Waals surface area contributed by atoms with E-state index in [0.717, 1.165) is 23.1 Å². The van der Waals surface area contributed by atoms with Gasteiger partial charge in [-0.3, -0.25) is 9.79 Å². The molecule has 1 aliphatic rings. The first-order chi connectivity index (χ1) is 13.0. The standard InChI is InChI=1S/C18H25N7O2.HI/c1-12-22-23-16(24(12)3)10-20-18(19-2)21-13-8-17(26)25(11-13)14-6-5-7-15(9-14)27-4;/h5-7,9,13H,8,10-11H2,1-4H3,(H2,19,20,21);1H. The Morgan fingerprint density at radius 2 is 2.18 bits per heavy atom. The number of rotatable bonds is 5. The average Bonchev–Trinajstić information content (AvgIpc) is 3.21. The van der Waals surface area contributed by atoms with E-state index in [4.69, 9.17) is 4.74 Å². The molecule has 1 aromatic heterocycles. The molecule has 0 bridgehead atoms. The van der Waals surface area contributed by atoms with Crippen LogP contribution in [0.5, 0.6) is 5.75 Å². The predicted molar refractivity (Wildman–Crippen MR) is 118 cm³/mol. The lowest BCUT2D eigenvalue weighted by atomic mass is 10.2. The molecule has 1 unspecified atom stereocenters. The Labute approximate surface area is 181 Å². The van der Waals surface area contributed by atoms with Gasteiger partial charge in [0.15, 0.2) is 11.8 Å². The van der Waals surface area contributed by atoms with Crippen molar-refractivity contribution in [1.82, 2.24) is 25.4 Å². The van der Waals surface area contributed by atoms with Gasteiger partial charge in [0.1, 0.15) is 11.6 Å². The lowest BCUT2D eigenvalue weighted by Crippen LogP contribution is -2.44. The van der Waals surface area contributed by atoms with Crippen molar-refractivity contribution in [2.75, 3.05) is 25.6 Å². The Balaban J connectivity index is 0.00000280. The van der Waals surface area contributed by atoms with Gasteiger partial charge < -0.3 is 24.8 Å². The number of nitrogens with one attached hydrogen (secondary N) is 2. The van der Waals surface area contributed by atoms with Crippen molar-refractivity contribution < 1.29 is 9.53 Å². The summed E-state index contributed by atoms with van der Waals surface area (Å²) >= 11 is 0. The van der Waals surface area contributed by atoms with Crippen molar-refractivity contribution >= 4 is 41.5 Å². The van der Waals surface area contributed by atoms with Crippen LogP contribution < -0.4 is 20.3 Å². The summed E-state index contributed by atoms with van der Waals surface area (Å²) in [6.07, 6.45) is 0.404. The lowest BCUT2D eigenvalue weighted by molar-refractivity contribution is -0.117. The Bertz CT molecular complexity index is 852. The molecule has 0 spiro atoms. The van der Waals surface area contributed by atoms with Crippen LogP contribution in [0.3, 0.4) is 0 Å². The number of guanidine groups is 1. The van der Waals surface area contributed by atoms with Crippen LogP contribution >= 0.6 is 24.0 Å². The monoisotopic (exact) mass is 499 g/mol. The largest absolute Gasteiger partial charge is 0.497 e. The Morgan fingerprint density at radius 3 is 2.82 bits per heavy atom. The number of nitrogens with zero attached hydrogens (tertiary/aromatic N) is 5. The summed E-state index contributed by atoms with van der Waals surface area (Å²) in [6, 6.07) is 7.48. The summed E-state index contributed by atoms with van der Waals surface area (Å²) in [5.74, 6) is 3.09. The molecule has 1 aliphatic heterocycles. The van der Waals surface area contributed by atoms with Crippen molar-refractivity contribution in [3.8, 4) is 5.75 Å². The zero-order chi connectivity index (χ0) is 19.4. The predicted octanol–water partition coefficient (Wildman–Crippen LogP) is 1.22. The third kappa shape index (κ3) is 4.91. The zero-order valence-electron chi connectivity index (χ0n) is 16.5. The van der Waals surface area contributed by atoms with Crippen LogP contribution in [0, 0.1) is 6.92 Å². The number of anilines is 1. The second kappa shape index (κ2) is 9.71. The van der Waals surface area contributed by atoms with Crippen molar-refractivity contribution in [3.05, 3.63) is 35.9 Å². The summed E-state index contributed by atoms with van der Waals surface area (Å²) in [4.78, 5) is 18.4. The van der Waals surface area contributed by atoms with E-state index in [1.807, 2.05) is 42.8 Å². The molecule has 3 rings (SSSR count). The highest BCUT2D eigenvalue weighted by Gasteiger charge is 2.31. The molecule has 1 fully saturated rings. The highest BCUT2D eigenvalue weighted by Crippen LogP contribution is 2.25. The van der Waals surface area contributed by atoms with E-state index in [2.05, 4.69) is 25.8 Å². The number of aromatic nitrogens is 3. The maximum Gasteiger partial charge on any atom is 0.229 e. The van der Waals surface area contributed by atoms with E-state index in [9.17, 15) is 4.79 Å². The van der Waals surface area contributed by atoms with Crippen LogP contribution in [0.2, 0.25) is 0 Å². The number of aliphatic imine (C=N–C) groups is 1. The molecule has 0 radical (unpaired) electrons. The molecule has 2 heterocycles. The number of benzene rings is 1. The van der Waals surface area contributed by atoms with E-state index < -0.39 is 0 Å². The molecule has 0 aliphatic carbocycles. The van der Waals surface area contributed by atoms with E-state index >= 15 is 0 Å². The highest BCUT2D eigenvalue weighted by atomic mass is 127. The number of methoxy groups -OCH3 is 1. The first-order valence-corrected chi connectivity index (χ1v) is 8.78. The molecule has 0 saturated carbocycles. The maximum atomic E-state index is 12.4. The van der Waals surface area contributed by atoms with Gasteiger partial charge in [0.05, 0.1) is 19.7 Å². The number of halogens is 1. The lowest BCUT2D eigenvalue weighted by Gasteiger charge is -2.19. The van der Waals surface area contributed by atoms with Gasteiger partial charge in [0, 0.05) is 38.8 Å². The van der Waals surface area contributed by atoms with Gasteiger partial charge in [0.2, 0.25) is 5.91 Å². The van der Waals surface area contributed by atoms with E-state index in [-0.39, 0.29) is 35.9 Å². The van der Waals surface area contributed by atoms with Crippen molar-refractivity contribution in [2.24, 2.45) is 12.0 Å². The average molecular weight is 499 g/mol. The minimum absolute atomic E-state index is 0. The highest BCUT2D eigenvalue weighted by molar-refractivity contribution is 14.0. The summed E-state index contributed by atoms with van der Waals surface area (Å²) in [5, 5.41) is 14.7. The van der Waals surface area contributed by atoms with Gasteiger partial charge in [0.25, 0.3) is 0 Å². The molecule has 9 nitrogen and oxygen atoms in total. The minimum atomic E-state index is -0.0314. The van der Waals surface area contributed by atoms with Crippen molar-refractivity contribution in [3.63, 3.8) is 0 Å². The van der Waals surface area contributed by atoms with Crippen LogP contribution in [0.1, 0.15) is 18.1 Å². The molecule has 2 aromatic rings.